The molecule has 0 saturated heterocycles. The highest BCUT2D eigenvalue weighted by Crippen LogP contribution is 2.49. The summed E-state index contributed by atoms with van der Waals surface area (Å²) in [7, 11) is -10.7. The lowest BCUT2D eigenvalue weighted by Gasteiger charge is -2.43. The Bertz CT molecular complexity index is 1360. The van der Waals surface area contributed by atoms with Gasteiger partial charge in [0.05, 0.1) is 6.61 Å². The van der Waals surface area contributed by atoms with Crippen LogP contribution in [0.15, 0.2) is 24.3 Å². The Hall–Kier alpha value is -1.52. The van der Waals surface area contributed by atoms with Crippen molar-refractivity contribution in [1.82, 2.24) is 0 Å². The number of unbranched alkanes of at least 4 members (excludes halogenated alkanes) is 24. The Labute approximate surface area is 390 Å². The van der Waals surface area contributed by atoms with Crippen molar-refractivity contribution < 1.29 is 76.9 Å². The van der Waals surface area contributed by atoms with E-state index < -0.39 is 83.5 Å². The molecule has 18 heteroatoms. The minimum Gasteiger partial charge on any atom is -0.462 e. The Morgan fingerprint density at radius 1 is 0.492 bits per heavy atom. The molecule has 0 aromatic heterocycles. The highest BCUT2D eigenvalue weighted by Gasteiger charge is 2.54. The van der Waals surface area contributed by atoms with Gasteiger partial charge < -0.3 is 44.6 Å². The summed E-state index contributed by atoms with van der Waals surface area (Å²) in [6, 6.07) is 0. The van der Waals surface area contributed by atoms with Crippen LogP contribution in [0, 0.1) is 0 Å². The first-order valence-electron chi connectivity index (χ1n) is 24.9. The van der Waals surface area contributed by atoms with E-state index in [4.69, 9.17) is 18.5 Å². The summed E-state index contributed by atoms with van der Waals surface area (Å²) in [6.45, 7) is 3.10. The standard InChI is InChI=1S/C47H88O16P2/c1-3-5-7-9-11-13-15-17-19-20-22-23-25-27-29-31-33-35-40(48)59-37-39(61-41(49)36-34-32-30-28-26-24-21-18-16-14-12-10-8-6-4-2)38-60-65(57,58)63-47-44(52)42(50)43(51)46(45(47)53)62-64(54,55)56/h11,13,17,19,39,42-47,50-53H,3-10,12,14-16,18,20-38H2,1-2H3,(H,57,58)(H2,54,55,56). The average molecular weight is 971 g/mol. The van der Waals surface area contributed by atoms with Crippen LogP contribution in [0.3, 0.4) is 0 Å². The lowest BCUT2D eigenvalue weighted by molar-refractivity contribution is -0.216. The fourth-order valence-electron chi connectivity index (χ4n) is 7.65. The number of esters is 2. The zero-order valence-electron chi connectivity index (χ0n) is 39.7. The van der Waals surface area contributed by atoms with Crippen molar-refractivity contribution in [3.8, 4) is 0 Å². The van der Waals surface area contributed by atoms with E-state index in [-0.39, 0.29) is 12.8 Å². The number of aliphatic hydroxyl groups is 4. The average Bonchev–Trinajstić information content (AvgIpc) is 3.26. The van der Waals surface area contributed by atoms with E-state index in [1.807, 2.05) is 0 Å². The summed E-state index contributed by atoms with van der Waals surface area (Å²) in [6.07, 6.45) is 25.5. The number of rotatable bonds is 42. The van der Waals surface area contributed by atoms with E-state index >= 15 is 0 Å². The lowest BCUT2D eigenvalue weighted by atomic mass is 9.85. The van der Waals surface area contributed by atoms with Gasteiger partial charge in [0.1, 0.15) is 43.2 Å². The molecule has 0 heterocycles. The molecular weight excluding hydrogens is 882 g/mol. The van der Waals surface area contributed by atoms with E-state index in [0.29, 0.717) is 12.8 Å². The third kappa shape index (κ3) is 32.8. The number of aliphatic hydroxyl groups excluding tert-OH is 4. The van der Waals surface area contributed by atoms with Crippen LogP contribution < -0.4 is 0 Å². The van der Waals surface area contributed by atoms with Crippen molar-refractivity contribution in [2.24, 2.45) is 0 Å². The Morgan fingerprint density at radius 3 is 1.37 bits per heavy atom. The fraction of sp³-hybridized carbons (Fsp3) is 0.872. The highest BCUT2D eigenvalue weighted by molar-refractivity contribution is 7.47. The molecule has 0 bridgehead atoms. The Balaban J connectivity index is 2.56. The van der Waals surface area contributed by atoms with Crippen LogP contribution in [0.5, 0.6) is 0 Å². The zero-order chi connectivity index (χ0) is 48.2. The van der Waals surface area contributed by atoms with Crippen LogP contribution in [-0.4, -0.2) is 103 Å². The molecule has 1 aliphatic rings. The molecule has 1 saturated carbocycles. The normalized spacial score (nSPS) is 21.8. The molecule has 0 radical (unpaired) electrons. The van der Waals surface area contributed by atoms with Crippen LogP contribution in [0.4, 0.5) is 0 Å². The maximum atomic E-state index is 13.0. The number of ether oxygens (including phenoxy) is 2. The minimum absolute atomic E-state index is 0.0468. The van der Waals surface area contributed by atoms with Crippen LogP contribution in [0.25, 0.3) is 0 Å². The van der Waals surface area contributed by atoms with Crippen molar-refractivity contribution in [2.75, 3.05) is 13.2 Å². The van der Waals surface area contributed by atoms with Crippen molar-refractivity contribution in [3.63, 3.8) is 0 Å². The number of hydrogen-bond donors (Lipinski definition) is 7. The number of phosphoric ester groups is 2. The van der Waals surface area contributed by atoms with Crippen LogP contribution in [0.2, 0.25) is 0 Å². The third-order valence-electron chi connectivity index (χ3n) is 11.5. The second-order valence-corrected chi connectivity index (χ2v) is 20.1. The van der Waals surface area contributed by atoms with Gasteiger partial charge in [0.2, 0.25) is 0 Å². The molecule has 1 aliphatic carbocycles. The fourth-order valence-corrected chi connectivity index (χ4v) is 9.18. The van der Waals surface area contributed by atoms with E-state index in [9.17, 15) is 53.8 Å². The number of carbonyl (C=O) groups excluding carboxylic acids is 2. The van der Waals surface area contributed by atoms with E-state index in [2.05, 4.69) is 42.7 Å². The van der Waals surface area contributed by atoms with Crippen molar-refractivity contribution in [3.05, 3.63) is 24.3 Å². The molecule has 0 aliphatic heterocycles. The zero-order valence-corrected chi connectivity index (χ0v) is 41.5. The Morgan fingerprint density at radius 2 is 0.892 bits per heavy atom. The molecule has 0 amide bonds. The largest absolute Gasteiger partial charge is 0.472 e. The molecular formula is C47H88O16P2. The van der Waals surface area contributed by atoms with E-state index in [1.54, 1.807) is 0 Å². The molecule has 8 unspecified atom stereocenters. The smallest absolute Gasteiger partial charge is 0.462 e. The van der Waals surface area contributed by atoms with Crippen molar-refractivity contribution >= 4 is 27.6 Å². The van der Waals surface area contributed by atoms with Crippen LogP contribution >= 0.6 is 15.6 Å². The van der Waals surface area contributed by atoms with Gasteiger partial charge in [-0.05, 0) is 44.9 Å². The van der Waals surface area contributed by atoms with Gasteiger partial charge in [0, 0.05) is 12.8 Å². The number of allylic oxidation sites excluding steroid dienone is 4. The number of hydrogen-bond acceptors (Lipinski definition) is 13. The third-order valence-corrected chi connectivity index (χ3v) is 13.0. The molecule has 0 spiro atoms. The SMILES string of the molecule is CCCCCC=CCC=CCCCCCCCCCC(=O)OCC(COP(=O)(O)OC1C(O)C(O)C(O)C(OP(=O)(O)O)C1O)OC(=O)CCCCCCCCCCCCCCCCC. The molecule has 1 rings (SSSR count). The molecule has 65 heavy (non-hydrogen) atoms. The molecule has 1 fully saturated rings. The molecule has 0 aromatic rings. The van der Waals surface area contributed by atoms with Crippen LogP contribution in [0.1, 0.15) is 206 Å². The first-order valence-corrected chi connectivity index (χ1v) is 27.9. The predicted molar refractivity (Wildman–Crippen MR) is 251 cm³/mol. The maximum absolute atomic E-state index is 13.0. The van der Waals surface area contributed by atoms with Gasteiger partial charge in [0.25, 0.3) is 0 Å². The van der Waals surface area contributed by atoms with Gasteiger partial charge in [-0.15, -0.1) is 0 Å². The summed E-state index contributed by atoms with van der Waals surface area (Å²) < 4.78 is 49.4. The second kappa shape index (κ2) is 38.3. The maximum Gasteiger partial charge on any atom is 0.472 e. The summed E-state index contributed by atoms with van der Waals surface area (Å²) >= 11 is 0. The van der Waals surface area contributed by atoms with Gasteiger partial charge in [-0.2, -0.15) is 0 Å². The van der Waals surface area contributed by atoms with E-state index in [0.717, 1.165) is 83.5 Å². The predicted octanol–water partition coefficient (Wildman–Crippen LogP) is 9.73. The first-order chi connectivity index (χ1) is 31.1. The van der Waals surface area contributed by atoms with Crippen LogP contribution in [-0.2, 0) is 41.8 Å². The quantitative estimate of drug-likeness (QED) is 0.0130. The monoisotopic (exact) mass is 971 g/mol. The van der Waals surface area contributed by atoms with Gasteiger partial charge in [-0.3, -0.25) is 23.2 Å². The molecule has 8 atom stereocenters. The molecule has 16 nitrogen and oxygen atoms in total. The summed E-state index contributed by atoms with van der Waals surface area (Å²) in [5.74, 6) is -1.20. The summed E-state index contributed by atoms with van der Waals surface area (Å²) in [4.78, 5) is 54.3. The molecule has 0 aromatic carbocycles. The molecule has 382 valence electrons. The second-order valence-electron chi connectivity index (χ2n) is 17.5. The topological polar surface area (TPSA) is 256 Å². The van der Waals surface area contributed by atoms with Crippen molar-refractivity contribution in [2.45, 2.75) is 249 Å². The lowest BCUT2D eigenvalue weighted by Crippen LogP contribution is -2.64. The molecule has 7 N–H and O–H groups in total. The summed E-state index contributed by atoms with van der Waals surface area (Å²) in [5.41, 5.74) is 0. The van der Waals surface area contributed by atoms with Crippen molar-refractivity contribution in [1.29, 1.82) is 0 Å². The number of phosphoric acid groups is 2. The highest BCUT2D eigenvalue weighted by atomic mass is 31.2. The summed E-state index contributed by atoms with van der Waals surface area (Å²) in [5, 5.41) is 41.3. The van der Waals surface area contributed by atoms with Gasteiger partial charge in [0.15, 0.2) is 6.10 Å². The van der Waals surface area contributed by atoms with Gasteiger partial charge in [-0.25, -0.2) is 9.13 Å². The van der Waals surface area contributed by atoms with E-state index in [1.165, 1.54) is 83.5 Å². The minimum atomic E-state index is -5.36. The van der Waals surface area contributed by atoms with Gasteiger partial charge in [-0.1, -0.05) is 173 Å². The number of carbonyl (C=O) groups is 2. The van der Waals surface area contributed by atoms with Gasteiger partial charge >= 0.3 is 27.6 Å². The Kier molecular flexibility index (Phi) is 36.3. The first kappa shape index (κ1) is 61.5.